The highest BCUT2D eigenvalue weighted by atomic mass is 32.3. The van der Waals surface area contributed by atoms with E-state index in [4.69, 9.17) is 5.21 Å². The quantitative estimate of drug-likeness (QED) is 0.322. The molecule has 0 bridgehead atoms. The molecule has 0 radical (unpaired) electrons. The summed E-state index contributed by atoms with van der Waals surface area (Å²) in [6.07, 6.45) is -1.05. The minimum absolute atomic E-state index is 0.0647. The second-order valence-corrected chi connectivity index (χ2v) is 2.88. The molecule has 1 aliphatic heterocycles. The first kappa shape index (κ1) is 7.45. The summed E-state index contributed by atoms with van der Waals surface area (Å²) in [5.41, 5.74) is 0.0647. The molecule has 0 spiro atoms. The van der Waals surface area contributed by atoms with Gasteiger partial charge in [0.15, 0.2) is 0 Å². The van der Waals surface area contributed by atoms with Crippen LogP contribution >= 0.6 is 0 Å². The van der Waals surface area contributed by atoms with Crippen LogP contribution in [0.3, 0.4) is 0 Å². The Hall–Kier alpha value is -0.660. The van der Waals surface area contributed by atoms with Crippen molar-refractivity contribution in [3.8, 4) is 0 Å². The normalized spacial score (nSPS) is 25.9. The Morgan fingerprint density at radius 2 is 2.10 bits per heavy atom. The molecular formula is C3H5NO5S. The number of oxime groups is 1. The highest BCUT2D eigenvalue weighted by Gasteiger charge is 2.38. The van der Waals surface area contributed by atoms with Gasteiger partial charge in [0.2, 0.25) is 6.29 Å². The number of nitrogens with zero attached hydrogens (tertiary/aromatic N) is 1. The maximum absolute atomic E-state index is 10.1. The average Bonchev–Trinajstić information content (AvgIpc) is 1.81. The summed E-state index contributed by atoms with van der Waals surface area (Å²) in [6.45, 7) is 1.37. The van der Waals surface area contributed by atoms with Crippen molar-refractivity contribution in [1.82, 2.24) is 0 Å². The van der Waals surface area contributed by atoms with Crippen LogP contribution in [0, 0.1) is 0 Å². The predicted molar refractivity (Wildman–Crippen MR) is 29.8 cm³/mol. The van der Waals surface area contributed by atoms with Gasteiger partial charge in [0.1, 0.15) is 5.71 Å². The van der Waals surface area contributed by atoms with E-state index in [1.54, 1.807) is 0 Å². The van der Waals surface area contributed by atoms with Crippen LogP contribution in [-0.2, 0) is 18.8 Å². The summed E-state index contributed by atoms with van der Waals surface area (Å²) in [4.78, 5) is 0. The monoisotopic (exact) mass is 167 g/mol. The Labute approximate surface area is 57.4 Å². The van der Waals surface area contributed by atoms with Gasteiger partial charge in [-0.25, -0.2) is 8.37 Å². The minimum atomic E-state index is -3.78. The van der Waals surface area contributed by atoms with Gasteiger partial charge in [0, 0.05) is 0 Å². The standard InChI is InChI=1S/C3H5NO5S/c1-2(4-5)3-8-10(6,7)9-3/h3,5H,1H3/b4-2+. The molecule has 0 aliphatic carbocycles. The lowest BCUT2D eigenvalue weighted by atomic mass is 10.4. The van der Waals surface area contributed by atoms with E-state index in [-0.39, 0.29) is 5.71 Å². The zero-order chi connectivity index (χ0) is 7.78. The van der Waals surface area contributed by atoms with Crippen molar-refractivity contribution in [3.05, 3.63) is 0 Å². The highest BCUT2D eigenvalue weighted by Crippen LogP contribution is 2.18. The second-order valence-electron chi connectivity index (χ2n) is 1.67. The molecule has 1 N–H and O–H groups in total. The van der Waals surface area contributed by atoms with E-state index in [2.05, 4.69) is 13.5 Å². The Kier molecular flexibility index (Phi) is 1.63. The van der Waals surface area contributed by atoms with E-state index in [0.717, 1.165) is 0 Å². The lowest BCUT2D eigenvalue weighted by Crippen LogP contribution is -2.41. The van der Waals surface area contributed by atoms with Crippen LogP contribution in [0.1, 0.15) is 6.92 Å². The van der Waals surface area contributed by atoms with Crippen molar-refractivity contribution in [2.24, 2.45) is 5.16 Å². The van der Waals surface area contributed by atoms with E-state index in [1.807, 2.05) is 0 Å². The van der Waals surface area contributed by atoms with Crippen molar-refractivity contribution in [1.29, 1.82) is 0 Å². The van der Waals surface area contributed by atoms with Crippen LogP contribution in [0.15, 0.2) is 5.16 Å². The van der Waals surface area contributed by atoms with Crippen LogP contribution in [0.2, 0.25) is 0 Å². The van der Waals surface area contributed by atoms with Gasteiger partial charge in [-0.3, -0.25) is 0 Å². The molecule has 1 rings (SSSR count). The van der Waals surface area contributed by atoms with Crippen LogP contribution in [-0.4, -0.2) is 25.6 Å². The molecule has 0 aromatic rings. The van der Waals surface area contributed by atoms with Gasteiger partial charge < -0.3 is 5.21 Å². The molecule has 0 saturated carbocycles. The highest BCUT2D eigenvalue weighted by molar-refractivity contribution is 7.82. The largest absolute Gasteiger partial charge is 0.411 e. The molecule has 0 amide bonds. The molecule has 1 aliphatic rings. The SMILES string of the molecule is C/C(=N\O)C1OS(=O)(=O)O1. The molecule has 6 nitrogen and oxygen atoms in total. The minimum Gasteiger partial charge on any atom is -0.411 e. The van der Waals surface area contributed by atoms with E-state index >= 15 is 0 Å². The zero-order valence-corrected chi connectivity index (χ0v) is 5.83. The average molecular weight is 167 g/mol. The number of rotatable bonds is 1. The molecule has 0 aromatic heterocycles. The van der Waals surface area contributed by atoms with Crippen LogP contribution in [0.25, 0.3) is 0 Å². The van der Waals surface area contributed by atoms with Crippen molar-refractivity contribution in [2.45, 2.75) is 13.2 Å². The van der Waals surface area contributed by atoms with E-state index in [1.165, 1.54) is 6.92 Å². The summed E-state index contributed by atoms with van der Waals surface area (Å²) in [5.74, 6) is 0. The maximum atomic E-state index is 10.1. The topological polar surface area (TPSA) is 85.2 Å². The summed E-state index contributed by atoms with van der Waals surface area (Å²) in [5, 5.41) is 10.8. The van der Waals surface area contributed by atoms with Gasteiger partial charge in [-0.05, 0) is 6.92 Å². The van der Waals surface area contributed by atoms with E-state index in [9.17, 15) is 8.42 Å². The molecule has 1 saturated heterocycles. The smallest absolute Gasteiger partial charge is 0.405 e. The first-order valence-corrected chi connectivity index (χ1v) is 3.68. The number of hydrogen-bond acceptors (Lipinski definition) is 6. The first-order chi connectivity index (χ1) is 4.55. The van der Waals surface area contributed by atoms with Gasteiger partial charge in [0.25, 0.3) is 0 Å². The summed E-state index contributed by atoms with van der Waals surface area (Å²) >= 11 is 0. The lowest BCUT2D eigenvalue weighted by Gasteiger charge is -2.23. The molecule has 58 valence electrons. The maximum Gasteiger partial charge on any atom is 0.405 e. The molecule has 0 atom stereocenters. The lowest BCUT2D eigenvalue weighted by molar-refractivity contribution is -0.0295. The Morgan fingerprint density at radius 3 is 2.40 bits per heavy atom. The molecule has 1 fully saturated rings. The number of hydrogen-bond donors (Lipinski definition) is 1. The molecule has 7 heteroatoms. The summed E-state index contributed by atoms with van der Waals surface area (Å²) < 4.78 is 28.5. The van der Waals surface area contributed by atoms with E-state index < -0.39 is 16.7 Å². The van der Waals surface area contributed by atoms with Gasteiger partial charge >= 0.3 is 10.4 Å². The predicted octanol–water partition coefficient (Wildman–Crippen LogP) is -0.546. The van der Waals surface area contributed by atoms with Gasteiger partial charge in [-0.1, -0.05) is 5.16 Å². The van der Waals surface area contributed by atoms with E-state index in [0.29, 0.717) is 0 Å². The van der Waals surface area contributed by atoms with Crippen LogP contribution in [0.5, 0.6) is 0 Å². The van der Waals surface area contributed by atoms with Crippen molar-refractivity contribution >= 4 is 16.1 Å². The molecule has 0 aromatic carbocycles. The second kappa shape index (κ2) is 2.19. The van der Waals surface area contributed by atoms with Crippen LogP contribution in [0.4, 0.5) is 0 Å². The summed E-state index contributed by atoms with van der Waals surface area (Å²) in [6, 6.07) is 0. The third kappa shape index (κ3) is 1.25. The van der Waals surface area contributed by atoms with Crippen molar-refractivity contribution in [2.75, 3.05) is 0 Å². The zero-order valence-electron chi connectivity index (χ0n) is 5.01. The molecular weight excluding hydrogens is 162 g/mol. The van der Waals surface area contributed by atoms with Gasteiger partial charge in [-0.15, -0.1) is 0 Å². The third-order valence-corrected chi connectivity index (χ3v) is 1.73. The molecule has 0 unspecified atom stereocenters. The fraction of sp³-hybridized carbons (Fsp3) is 0.667. The van der Waals surface area contributed by atoms with Crippen LogP contribution < -0.4 is 0 Å². The van der Waals surface area contributed by atoms with Gasteiger partial charge in [-0.2, -0.15) is 8.42 Å². The summed E-state index contributed by atoms with van der Waals surface area (Å²) in [7, 11) is -3.78. The van der Waals surface area contributed by atoms with Gasteiger partial charge in [0.05, 0.1) is 0 Å². The third-order valence-electron chi connectivity index (χ3n) is 0.909. The van der Waals surface area contributed by atoms with Crippen molar-refractivity contribution < 1.29 is 22.0 Å². The Morgan fingerprint density at radius 1 is 1.60 bits per heavy atom. The fourth-order valence-corrected chi connectivity index (χ4v) is 1.13. The fourth-order valence-electron chi connectivity index (χ4n) is 0.408. The Bertz CT molecular complexity index is 242. The van der Waals surface area contributed by atoms with Crippen molar-refractivity contribution in [3.63, 3.8) is 0 Å². The molecule has 10 heavy (non-hydrogen) atoms. The first-order valence-electron chi connectivity index (χ1n) is 2.35. The Balaban J connectivity index is 2.56. The molecule has 1 heterocycles.